The van der Waals surface area contributed by atoms with Crippen LogP contribution < -0.4 is 20.1 Å². The maximum Gasteiger partial charge on any atom is 0.262 e. The van der Waals surface area contributed by atoms with E-state index in [0.717, 1.165) is 18.6 Å². The number of carbonyl (C=O) groups is 2. The maximum atomic E-state index is 12.4. The second-order valence-electron chi connectivity index (χ2n) is 7.38. The number of carbonyl (C=O) groups excluding carboxylic acids is 2. The summed E-state index contributed by atoms with van der Waals surface area (Å²) in [4.78, 5) is 24.6. The topological polar surface area (TPSA) is 76.7 Å². The predicted molar refractivity (Wildman–Crippen MR) is 120 cm³/mol. The van der Waals surface area contributed by atoms with Crippen molar-refractivity contribution in [2.24, 2.45) is 0 Å². The first kappa shape index (κ1) is 20.5. The van der Waals surface area contributed by atoms with Crippen LogP contribution in [0.1, 0.15) is 27.9 Å². The van der Waals surface area contributed by atoms with Gasteiger partial charge in [-0.2, -0.15) is 0 Å². The van der Waals surface area contributed by atoms with Crippen LogP contribution >= 0.6 is 0 Å². The van der Waals surface area contributed by atoms with E-state index in [1.165, 1.54) is 17.5 Å². The average molecular weight is 416 g/mol. The van der Waals surface area contributed by atoms with E-state index in [2.05, 4.69) is 16.7 Å². The van der Waals surface area contributed by atoms with Crippen molar-refractivity contribution < 1.29 is 19.1 Å². The molecular formula is C25H24N2O4. The van der Waals surface area contributed by atoms with Crippen LogP contribution in [-0.2, 0) is 17.6 Å². The molecule has 0 atom stereocenters. The van der Waals surface area contributed by atoms with Gasteiger partial charge in [-0.15, -0.1) is 0 Å². The van der Waals surface area contributed by atoms with Gasteiger partial charge < -0.3 is 20.1 Å². The molecule has 1 aliphatic carbocycles. The lowest BCUT2D eigenvalue weighted by Gasteiger charge is -2.10. The van der Waals surface area contributed by atoms with Crippen LogP contribution in [0.15, 0.2) is 66.7 Å². The van der Waals surface area contributed by atoms with E-state index in [9.17, 15) is 9.59 Å². The first-order valence-electron chi connectivity index (χ1n) is 10.2. The first-order chi connectivity index (χ1) is 15.1. The van der Waals surface area contributed by atoms with Gasteiger partial charge in [-0.3, -0.25) is 9.59 Å². The number of methoxy groups -OCH3 is 1. The van der Waals surface area contributed by atoms with Gasteiger partial charge in [-0.05, 0) is 91.1 Å². The minimum Gasteiger partial charge on any atom is -0.497 e. The lowest BCUT2D eigenvalue weighted by Crippen LogP contribution is -2.20. The molecule has 0 bridgehead atoms. The van der Waals surface area contributed by atoms with Gasteiger partial charge in [-0.25, -0.2) is 0 Å². The number of aryl methyl sites for hydroxylation is 2. The third kappa shape index (κ3) is 5.22. The van der Waals surface area contributed by atoms with E-state index in [1.807, 2.05) is 12.1 Å². The Hall–Kier alpha value is -3.80. The minimum atomic E-state index is -0.254. The van der Waals surface area contributed by atoms with Crippen molar-refractivity contribution in [3.8, 4) is 11.5 Å². The molecule has 0 aromatic heterocycles. The normalized spacial score (nSPS) is 12.0. The number of rotatable bonds is 7. The highest BCUT2D eigenvalue weighted by Gasteiger charge is 2.12. The summed E-state index contributed by atoms with van der Waals surface area (Å²) in [5.41, 5.74) is 4.44. The van der Waals surface area contributed by atoms with Crippen molar-refractivity contribution in [1.82, 2.24) is 0 Å². The molecule has 2 amide bonds. The summed E-state index contributed by atoms with van der Waals surface area (Å²) >= 11 is 0. The molecule has 6 nitrogen and oxygen atoms in total. The monoisotopic (exact) mass is 416 g/mol. The third-order valence-electron chi connectivity index (χ3n) is 5.22. The van der Waals surface area contributed by atoms with Gasteiger partial charge in [0.05, 0.1) is 7.11 Å². The third-order valence-corrected chi connectivity index (χ3v) is 5.22. The highest BCUT2D eigenvalue weighted by molar-refractivity contribution is 6.04. The van der Waals surface area contributed by atoms with Gasteiger partial charge in [0.15, 0.2) is 6.61 Å². The van der Waals surface area contributed by atoms with Crippen molar-refractivity contribution in [1.29, 1.82) is 0 Å². The van der Waals surface area contributed by atoms with E-state index in [1.54, 1.807) is 55.6 Å². The van der Waals surface area contributed by atoms with Crippen molar-refractivity contribution in [2.75, 3.05) is 24.4 Å². The Morgan fingerprint density at radius 3 is 2.19 bits per heavy atom. The van der Waals surface area contributed by atoms with Crippen molar-refractivity contribution >= 4 is 23.2 Å². The Morgan fingerprint density at radius 1 is 0.806 bits per heavy atom. The summed E-state index contributed by atoms with van der Waals surface area (Å²) in [5.74, 6) is 0.943. The Bertz CT molecular complexity index is 1080. The zero-order chi connectivity index (χ0) is 21.6. The number of nitrogens with one attached hydrogen (secondary N) is 2. The summed E-state index contributed by atoms with van der Waals surface area (Å²) in [6, 6.07) is 19.8. The molecule has 0 saturated carbocycles. The quantitative estimate of drug-likeness (QED) is 0.596. The molecule has 1 aliphatic rings. The molecule has 0 spiro atoms. The Labute approximate surface area is 181 Å². The van der Waals surface area contributed by atoms with Crippen molar-refractivity contribution in [3.63, 3.8) is 0 Å². The fraction of sp³-hybridized carbons (Fsp3) is 0.200. The summed E-state index contributed by atoms with van der Waals surface area (Å²) in [6.45, 7) is -0.0709. The van der Waals surface area contributed by atoms with Crippen molar-refractivity contribution in [2.45, 2.75) is 19.3 Å². The number of fused-ring (bicyclic) bond motifs is 1. The summed E-state index contributed by atoms with van der Waals surface area (Å²) in [6.07, 6.45) is 3.36. The number of amides is 2. The molecule has 3 aromatic rings. The van der Waals surface area contributed by atoms with Crippen LogP contribution in [0.2, 0.25) is 0 Å². The summed E-state index contributed by atoms with van der Waals surface area (Å²) in [7, 11) is 1.59. The maximum absolute atomic E-state index is 12.4. The number of benzene rings is 3. The molecule has 31 heavy (non-hydrogen) atoms. The van der Waals surface area contributed by atoms with E-state index >= 15 is 0 Å². The molecule has 0 saturated heterocycles. The minimum absolute atomic E-state index is 0.0709. The molecule has 0 heterocycles. The largest absolute Gasteiger partial charge is 0.497 e. The van der Waals surface area contributed by atoms with E-state index in [0.29, 0.717) is 22.7 Å². The molecule has 4 rings (SSSR count). The van der Waals surface area contributed by atoms with Crippen LogP contribution in [0.4, 0.5) is 11.4 Å². The van der Waals surface area contributed by atoms with E-state index < -0.39 is 0 Å². The Kier molecular flexibility index (Phi) is 6.17. The second-order valence-corrected chi connectivity index (χ2v) is 7.38. The smallest absolute Gasteiger partial charge is 0.262 e. The Balaban J connectivity index is 1.28. The molecule has 0 aliphatic heterocycles. The zero-order valence-corrected chi connectivity index (χ0v) is 17.3. The lowest BCUT2D eigenvalue weighted by atomic mass is 10.1. The van der Waals surface area contributed by atoms with Crippen LogP contribution in [0.5, 0.6) is 11.5 Å². The Morgan fingerprint density at radius 2 is 1.45 bits per heavy atom. The number of anilines is 2. The van der Waals surface area contributed by atoms with Crippen LogP contribution in [-0.4, -0.2) is 25.5 Å². The standard InChI is InChI=1S/C25H24N2O4/c1-30-22-13-10-21(11-14-22)27-25(29)18-5-8-20(9-6-18)26-24(28)16-31-23-12-7-17-3-2-4-19(17)15-23/h5-15H,2-4,16H2,1H3,(H,26,28)(H,27,29). The van der Waals surface area contributed by atoms with Crippen molar-refractivity contribution in [3.05, 3.63) is 83.4 Å². The first-order valence-corrected chi connectivity index (χ1v) is 10.2. The van der Waals surface area contributed by atoms with Gasteiger partial charge in [0.25, 0.3) is 11.8 Å². The van der Waals surface area contributed by atoms with Gasteiger partial charge in [0.1, 0.15) is 11.5 Å². The molecule has 3 aromatic carbocycles. The molecule has 0 unspecified atom stereocenters. The fourth-order valence-electron chi connectivity index (χ4n) is 3.57. The number of hydrogen-bond acceptors (Lipinski definition) is 4. The second kappa shape index (κ2) is 9.34. The number of hydrogen-bond donors (Lipinski definition) is 2. The fourth-order valence-corrected chi connectivity index (χ4v) is 3.57. The van der Waals surface area contributed by atoms with E-state index in [4.69, 9.17) is 9.47 Å². The summed E-state index contributed by atoms with van der Waals surface area (Å²) < 4.78 is 10.7. The van der Waals surface area contributed by atoms with Crippen LogP contribution in [0.3, 0.4) is 0 Å². The van der Waals surface area contributed by atoms with Crippen LogP contribution in [0.25, 0.3) is 0 Å². The number of ether oxygens (including phenoxy) is 2. The molecule has 0 radical (unpaired) electrons. The predicted octanol–water partition coefficient (Wildman–Crippen LogP) is 4.45. The van der Waals surface area contributed by atoms with Gasteiger partial charge in [0, 0.05) is 16.9 Å². The highest BCUT2D eigenvalue weighted by atomic mass is 16.5. The van der Waals surface area contributed by atoms with Gasteiger partial charge >= 0.3 is 0 Å². The molecule has 158 valence electrons. The lowest BCUT2D eigenvalue weighted by molar-refractivity contribution is -0.118. The molecule has 2 N–H and O–H groups in total. The summed E-state index contributed by atoms with van der Waals surface area (Å²) in [5, 5.41) is 5.61. The van der Waals surface area contributed by atoms with Gasteiger partial charge in [-0.1, -0.05) is 6.07 Å². The van der Waals surface area contributed by atoms with Crippen LogP contribution in [0, 0.1) is 0 Å². The van der Waals surface area contributed by atoms with E-state index in [-0.39, 0.29) is 18.4 Å². The van der Waals surface area contributed by atoms with Gasteiger partial charge in [0.2, 0.25) is 0 Å². The molecule has 6 heteroatoms. The average Bonchev–Trinajstić information content (AvgIpc) is 3.26. The molecular weight excluding hydrogens is 392 g/mol. The highest BCUT2D eigenvalue weighted by Crippen LogP contribution is 2.26. The molecule has 0 fully saturated rings. The SMILES string of the molecule is COc1ccc(NC(=O)c2ccc(NC(=O)COc3ccc4c(c3)CCC4)cc2)cc1. The zero-order valence-electron chi connectivity index (χ0n) is 17.3.